The van der Waals surface area contributed by atoms with Crippen molar-refractivity contribution in [1.82, 2.24) is 4.98 Å². The fourth-order valence-electron chi connectivity index (χ4n) is 2.36. The first-order chi connectivity index (χ1) is 13.0. The zero-order chi connectivity index (χ0) is 19.2. The number of nitro benzene ring substituents is 1. The zero-order valence-corrected chi connectivity index (χ0v) is 14.0. The third-order valence-corrected chi connectivity index (χ3v) is 3.68. The Morgan fingerprint density at radius 2 is 1.59 bits per heavy atom. The first-order valence-electron chi connectivity index (χ1n) is 7.91. The van der Waals surface area contributed by atoms with E-state index in [0.29, 0.717) is 11.3 Å². The maximum absolute atomic E-state index is 12.6. The molecule has 0 spiro atoms. The molecule has 134 valence electrons. The van der Waals surface area contributed by atoms with E-state index >= 15 is 0 Å². The lowest BCUT2D eigenvalue weighted by atomic mass is 10.1. The van der Waals surface area contributed by atoms with Crippen LogP contribution in [-0.2, 0) is 0 Å². The summed E-state index contributed by atoms with van der Waals surface area (Å²) in [6.45, 7) is 0. The standard InChI is InChI=1S/C19H14N4O4/c24-18(13-4-2-1-3-5-13)22-17-12-15(23(26)27)6-7-16(17)19(25)21-14-8-10-20-11-9-14/h1-12H,(H,22,24)(H,20,21,25). The third-order valence-electron chi connectivity index (χ3n) is 3.68. The summed E-state index contributed by atoms with van der Waals surface area (Å²) >= 11 is 0. The lowest BCUT2D eigenvalue weighted by Gasteiger charge is -2.11. The molecule has 2 amide bonds. The van der Waals surface area contributed by atoms with Crippen LogP contribution < -0.4 is 10.6 Å². The molecule has 8 heteroatoms. The zero-order valence-electron chi connectivity index (χ0n) is 14.0. The predicted molar refractivity (Wildman–Crippen MR) is 99.7 cm³/mol. The number of anilines is 2. The molecule has 0 fully saturated rings. The Hall–Kier alpha value is -4.07. The van der Waals surface area contributed by atoms with Gasteiger partial charge in [0.05, 0.1) is 16.2 Å². The van der Waals surface area contributed by atoms with Gasteiger partial charge in [0, 0.05) is 35.8 Å². The van der Waals surface area contributed by atoms with Crippen molar-refractivity contribution in [3.05, 3.63) is 94.3 Å². The average molecular weight is 362 g/mol. The van der Waals surface area contributed by atoms with Crippen molar-refractivity contribution in [3.63, 3.8) is 0 Å². The molecule has 0 saturated carbocycles. The maximum Gasteiger partial charge on any atom is 0.271 e. The molecule has 0 saturated heterocycles. The van der Waals surface area contributed by atoms with E-state index in [1.54, 1.807) is 42.5 Å². The Kier molecular flexibility index (Phi) is 5.17. The van der Waals surface area contributed by atoms with Crippen LogP contribution in [0.1, 0.15) is 20.7 Å². The maximum atomic E-state index is 12.6. The van der Waals surface area contributed by atoms with E-state index in [9.17, 15) is 19.7 Å². The van der Waals surface area contributed by atoms with Gasteiger partial charge in [-0.1, -0.05) is 18.2 Å². The van der Waals surface area contributed by atoms with Gasteiger partial charge in [0.2, 0.25) is 0 Å². The Morgan fingerprint density at radius 3 is 2.26 bits per heavy atom. The molecule has 0 aliphatic rings. The summed E-state index contributed by atoms with van der Waals surface area (Å²) < 4.78 is 0. The number of nitrogens with one attached hydrogen (secondary N) is 2. The number of carbonyl (C=O) groups is 2. The van der Waals surface area contributed by atoms with Crippen LogP contribution in [0.4, 0.5) is 17.1 Å². The fraction of sp³-hybridized carbons (Fsp3) is 0. The SMILES string of the molecule is O=C(Nc1cc([N+](=O)[O-])ccc1C(=O)Nc1ccncc1)c1ccccc1. The number of amides is 2. The Balaban J connectivity index is 1.92. The predicted octanol–water partition coefficient (Wildman–Crippen LogP) is 3.49. The molecule has 3 aromatic rings. The smallest absolute Gasteiger partial charge is 0.271 e. The first kappa shape index (κ1) is 17.7. The highest BCUT2D eigenvalue weighted by atomic mass is 16.6. The highest BCUT2D eigenvalue weighted by Gasteiger charge is 2.18. The van der Waals surface area contributed by atoms with Crippen LogP contribution in [0, 0.1) is 10.1 Å². The normalized spacial score (nSPS) is 10.1. The Labute approximate surface area is 154 Å². The summed E-state index contributed by atoms with van der Waals surface area (Å²) in [5, 5.41) is 16.3. The van der Waals surface area contributed by atoms with Gasteiger partial charge in [-0.25, -0.2) is 0 Å². The lowest BCUT2D eigenvalue weighted by molar-refractivity contribution is -0.384. The number of pyridine rings is 1. The molecular formula is C19H14N4O4. The summed E-state index contributed by atoms with van der Waals surface area (Å²) in [7, 11) is 0. The van der Waals surface area contributed by atoms with Gasteiger partial charge < -0.3 is 10.6 Å². The molecular weight excluding hydrogens is 348 g/mol. The van der Waals surface area contributed by atoms with Crippen LogP contribution in [-0.4, -0.2) is 21.7 Å². The number of hydrogen-bond acceptors (Lipinski definition) is 5. The van der Waals surface area contributed by atoms with Crippen molar-refractivity contribution in [2.45, 2.75) is 0 Å². The minimum absolute atomic E-state index is 0.0459. The second-order valence-corrected chi connectivity index (χ2v) is 5.50. The number of nitro groups is 1. The minimum atomic E-state index is -0.595. The second-order valence-electron chi connectivity index (χ2n) is 5.50. The van der Waals surface area contributed by atoms with E-state index in [-0.39, 0.29) is 16.9 Å². The van der Waals surface area contributed by atoms with Gasteiger partial charge in [0.1, 0.15) is 0 Å². The molecule has 2 N–H and O–H groups in total. The van der Waals surface area contributed by atoms with Gasteiger partial charge >= 0.3 is 0 Å². The molecule has 0 aliphatic heterocycles. The molecule has 0 unspecified atom stereocenters. The van der Waals surface area contributed by atoms with Crippen LogP contribution in [0.2, 0.25) is 0 Å². The highest BCUT2D eigenvalue weighted by molar-refractivity contribution is 6.12. The number of non-ortho nitro benzene ring substituents is 1. The van der Waals surface area contributed by atoms with E-state index in [2.05, 4.69) is 15.6 Å². The van der Waals surface area contributed by atoms with Crippen LogP contribution in [0.5, 0.6) is 0 Å². The van der Waals surface area contributed by atoms with Crippen LogP contribution in [0.25, 0.3) is 0 Å². The van der Waals surface area contributed by atoms with Crippen molar-refractivity contribution < 1.29 is 14.5 Å². The molecule has 3 rings (SSSR count). The molecule has 0 atom stereocenters. The number of rotatable bonds is 5. The number of benzene rings is 2. The van der Waals surface area contributed by atoms with Gasteiger partial charge in [-0.2, -0.15) is 0 Å². The summed E-state index contributed by atoms with van der Waals surface area (Å²) in [5.74, 6) is -0.992. The molecule has 27 heavy (non-hydrogen) atoms. The quantitative estimate of drug-likeness (QED) is 0.532. The monoisotopic (exact) mass is 362 g/mol. The third kappa shape index (κ3) is 4.31. The van der Waals surface area contributed by atoms with E-state index in [4.69, 9.17) is 0 Å². The first-order valence-corrected chi connectivity index (χ1v) is 7.91. The topological polar surface area (TPSA) is 114 Å². The number of nitrogens with zero attached hydrogens (tertiary/aromatic N) is 2. The molecule has 0 bridgehead atoms. The van der Waals surface area contributed by atoms with E-state index in [1.165, 1.54) is 24.5 Å². The highest BCUT2D eigenvalue weighted by Crippen LogP contribution is 2.24. The van der Waals surface area contributed by atoms with Gasteiger partial charge in [0.15, 0.2) is 0 Å². The fourth-order valence-corrected chi connectivity index (χ4v) is 2.36. The molecule has 8 nitrogen and oxygen atoms in total. The number of hydrogen-bond donors (Lipinski definition) is 2. The van der Waals surface area contributed by atoms with Gasteiger partial charge in [0.25, 0.3) is 17.5 Å². The minimum Gasteiger partial charge on any atom is -0.322 e. The van der Waals surface area contributed by atoms with Crippen molar-refractivity contribution in [1.29, 1.82) is 0 Å². The summed E-state index contributed by atoms with van der Waals surface area (Å²) in [5.41, 5.74) is 0.781. The van der Waals surface area contributed by atoms with E-state index in [0.717, 1.165) is 6.07 Å². The largest absolute Gasteiger partial charge is 0.322 e. The van der Waals surface area contributed by atoms with Crippen molar-refractivity contribution in [2.75, 3.05) is 10.6 Å². The molecule has 1 heterocycles. The van der Waals surface area contributed by atoms with Gasteiger partial charge in [-0.15, -0.1) is 0 Å². The second kappa shape index (κ2) is 7.87. The van der Waals surface area contributed by atoms with Gasteiger partial charge in [-0.05, 0) is 30.3 Å². The summed E-state index contributed by atoms with van der Waals surface area (Å²) in [6.07, 6.45) is 3.03. The summed E-state index contributed by atoms with van der Waals surface area (Å²) in [4.78, 5) is 39.3. The lowest BCUT2D eigenvalue weighted by Crippen LogP contribution is -2.18. The molecule has 2 aromatic carbocycles. The van der Waals surface area contributed by atoms with Crippen molar-refractivity contribution in [2.24, 2.45) is 0 Å². The van der Waals surface area contributed by atoms with E-state index in [1.807, 2.05) is 0 Å². The Morgan fingerprint density at radius 1 is 0.889 bits per heavy atom. The van der Waals surface area contributed by atoms with Crippen LogP contribution >= 0.6 is 0 Å². The molecule has 0 aliphatic carbocycles. The summed E-state index contributed by atoms with van der Waals surface area (Å²) in [6, 6.07) is 15.2. The van der Waals surface area contributed by atoms with Crippen molar-refractivity contribution >= 4 is 28.9 Å². The van der Waals surface area contributed by atoms with E-state index < -0.39 is 16.7 Å². The van der Waals surface area contributed by atoms with Gasteiger partial charge in [-0.3, -0.25) is 24.7 Å². The number of carbonyl (C=O) groups excluding carboxylic acids is 2. The number of aromatic nitrogens is 1. The molecule has 1 aromatic heterocycles. The van der Waals surface area contributed by atoms with Crippen LogP contribution in [0.15, 0.2) is 73.1 Å². The van der Waals surface area contributed by atoms with Crippen molar-refractivity contribution in [3.8, 4) is 0 Å². The van der Waals surface area contributed by atoms with Crippen LogP contribution in [0.3, 0.4) is 0 Å². The average Bonchev–Trinajstić information content (AvgIpc) is 2.69. The Bertz CT molecular complexity index is 991. The molecule has 0 radical (unpaired) electrons.